The van der Waals surface area contributed by atoms with Crippen molar-refractivity contribution in [2.75, 3.05) is 27.2 Å². The molecule has 2 amide bonds. The third-order valence-corrected chi connectivity index (χ3v) is 3.36. The zero-order valence-corrected chi connectivity index (χ0v) is 9.19. The molecule has 2 aliphatic heterocycles. The van der Waals surface area contributed by atoms with Crippen molar-refractivity contribution in [1.29, 1.82) is 0 Å². The zero-order valence-electron chi connectivity index (χ0n) is 9.19. The Balaban J connectivity index is 2.07. The van der Waals surface area contributed by atoms with E-state index in [1.54, 1.807) is 23.9 Å². The number of nitrogens with one attached hydrogen (secondary N) is 1. The van der Waals surface area contributed by atoms with Crippen LogP contribution in [0.5, 0.6) is 0 Å². The van der Waals surface area contributed by atoms with Crippen molar-refractivity contribution >= 4 is 11.8 Å². The Morgan fingerprint density at radius 3 is 2.40 bits per heavy atom. The second-order valence-electron chi connectivity index (χ2n) is 4.23. The van der Waals surface area contributed by atoms with Crippen LogP contribution in [0.15, 0.2) is 0 Å². The van der Waals surface area contributed by atoms with Gasteiger partial charge in [0.05, 0.1) is 6.04 Å². The molecule has 0 aromatic carbocycles. The summed E-state index contributed by atoms with van der Waals surface area (Å²) in [6.45, 7) is 1.46. The van der Waals surface area contributed by atoms with Gasteiger partial charge in [-0.3, -0.25) is 9.59 Å². The monoisotopic (exact) mass is 211 g/mol. The van der Waals surface area contributed by atoms with E-state index in [1.807, 2.05) is 0 Å². The molecule has 2 unspecified atom stereocenters. The summed E-state index contributed by atoms with van der Waals surface area (Å²) in [7, 11) is 3.58. The summed E-state index contributed by atoms with van der Waals surface area (Å²) >= 11 is 0. The molecule has 2 aliphatic rings. The maximum Gasteiger partial charge on any atom is 0.245 e. The van der Waals surface area contributed by atoms with Crippen LogP contribution in [0.2, 0.25) is 0 Å². The molecule has 2 saturated heterocycles. The lowest BCUT2D eigenvalue weighted by Gasteiger charge is -2.22. The van der Waals surface area contributed by atoms with E-state index in [9.17, 15) is 9.59 Å². The van der Waals surface area contributed by atoms with Crippen molar-refractivity contribution in [2.24, 2.45) is 0 Å². The fourth-order valence-corrected chi connectivity index (χ4v) is 2.37. The van der Waals surface area contributed by atoms with Crippen LogP contribution in [0.1, 0.15) is 12.8 Å². The van der Waals surface area contributed by atoms with E-state index in [0.717, 1.165) is 19.4 Å². The molecular formula is C10H17N3O2. The fourth-order valence-electron chi connectivity index (χ4n) is 2.37. The number of hydrogen-bond donors (Lipinski definition) is 1. The van der Waals surface area contributed by atoms with E-state index in [2.05, 4.69) is 5.32 Å². The molecule has 2 heterocycles. The largest absolute Gasteiger partial charge is 0.344 e. The highest BCUT2D eigenvalue weighted by Crippen LogP contribution is 2.21. The van der Waals surface area contributed by atoms with Crippen LogP contribution in [0.25, 0.3) is 0 Å². The number of likely N-dealkylation sites (tertiary alicyclic amines) is 2. The summed E-state index contributed by atoms with van der Waals surface area (Å²) in [5.74, 6) is 0.159. The molecule has 0 bridgehead atoms. The first kappa shape index (κ1) is 10.4. The lowest BCUT2D eigenvalue weighted by atomic mass is 10.2. The first-order valence-electron chi connectivity index (χ1n) is 5.38. The van der Waals surface area contributed by atoms with E-state index in [1.165, 1.54) is 0 Å². The minimum absolute atomic E-state index is 0.0751. The van der Waals surface area contributed by atoms with Gasteiger partial charge in [0.25, 0.3) is 0 Å². The molecule has 0 spiro atoms. The number of hydrogen-bond acceptors (Lipinski definition) is 3. The average Bonchev–Trinajstić information content (AvgIpc) is 2.73. The van der Waals surface area contributed by atoms with Gasteiger partial charge in [0.1, 0.15) is 6.04 Å². The van der Waals surface area contributed by atoms with E-state index in [4.69, 9.17) is 0 Å². The summed E-state index contributed by atoms with van der Waals surface area (Å²) in [5.41, 5.74) is 0. The maximum absolute atomic E-state index is 11.9. The molecule has 84 valence electrons. The minimum atomic E-state index is -0.208. The van der Waals surface area contributed by atoms with Crippen molar-refractivity contribution in [3.8, 4) is 0 Å². The molecule has 2 rings (SSSR count). The molecule has 2 atom stereocenters. The van der Waals surface area contributed by atoms with Gasteiger partial charge in [0.2, 0.25) is 11.8 Å². The van der Waals surface area contributed by atoms with Gasteiger partial charge in [-0.1, -0.05) is 0 Å². The Morgan fingerprint density at radius 2 is 1.93 bits per heavy atom. The Hall–Kier alpha value is -1.10. The van der Waals surface area contributed by atoms with Crippen LogP contribution in [0, 0.1) is 0 Å². The van der Waals surface area contributed by atoms with Gasteiger partial charge >= 0.3 is 0 Å². The molecule has 0 saturated carbocycles. The molecule has 0 radical (unpaired) electrons. The van der Waals surface area contributed by atoms with Gasteiger partial charge in [-0.15, -0.1) is 0 Å². The van der Waals surface area contributed by atoms with Crippen LogP contribution in [-0.2, 0) is 9.59 Å². The third-order valence-electron chi connectivity index (χ3n) is 3.36. The van der Waals surface area contributed by atoms with Crippen molar-refractivity contribution < 1.29 is 9.59 Å². The number of carbonyl (C=O) groups excluding carboxylic acids is 2. The highest BCUT2D eigenvalue weighted by atomic mass is 16.2. The molecule has 0 aromatic heterocycles. The lowest BCUT2D eigenvalue weighted by Crippen LogP contribution is -2.45. The number of carbonyl (C=O) groups is 2. The van der Waals surface area contributed by atoms with Gasteiger partial charge in [0, 0.05) is 20.1 Å². The quantitative estimate of drug-likeness (QED) is 0.640. The summed E-state index contributed by atoms with van der Waals surface area (Å²) in [6, 6.07) is -0.301. The van der Waals surface area contributed by atoms with E-state index >= 15 is 0 Å². The average molecular weight is 211 g/mol. The molecular weight excluding hydrogens is 194 g/mol. The molecule has 5 nitrogen and oxygen atoms in total. The molecule has 15 heavy (non-hydrogen) atoms. The Labute approximate surface area is 89.4 Å². The Morgan fingerprint density at radius 1 is 1.20 bits per heavy atom. The van der Waals surface area contributed by atoms with Crippen molar-refractivity contribution in [1.82, 2.24) is 15.1 Å². The van der Waals surface area contributed by atoms with E-state index < -0.39 is 0 Å². The summed E-state index contributed by atoms with van der Waals surface area (Å²) in [6.07, 6.45) is 1.58. The number of amides is 2. The predicted octanol–water partition coefficient (Wildman–Crippen LogP) is -0.963. The summed E-state index contributed by atoms with van der Waals surface area (Å²) < 4.78 is 0. The van der Waals surface area contributed by atoms with Crippen LogP contribution in [0.3, 0.4) is 0 Å². The van der Waals surface area contributed by atoms with Crippen LogP contribution < -0.4 is 5.32 Å². The van der Waals surface area contributed by atoms with E-state index in [0.29, 0.717) is 6.54 Å². The van der Waals surface area contributed by atoms with Gasteiger partial charge in [0.15, 0.2) is 0 Å². The van der Waals surface area contributed by atoms with Crippen molar-refractivity contribution in [2.45, 2.75) is 24.9 Å². The Bertz CT molecular complexity index is 292. The highest BCUT2D eigenvalue weighted by molar-refractivity contribution is 5.92. The standard InChI is InChI=1S/C10H17N3O2/c1-11-7-3-6-13(9(7)14)8-4-5-12(2)10(8)15/h7-8,11H,3-6H2,1-2H3. The van der Waals surface area contributed by atoms with Crippen LogP contribution >= 0.6 is 0 Å². The van der Waals surface area contributed by atoms with E-state index in [-0.39, 0.29) is 23.9 Å². The highest BCUT2D eigenvalue weighted by Gasteiger charge is 2.41. The molecule has 1 N–H and O–H groups in total. The van der Waals surface area contributed by atoms with Gasteiger partial charge in [-0.25, -0.2) is 0 Å². The van der Waals surface area contributed by atoms with Crippen molar-refractivity contribution in [3.05, 3.63) is 0 Å². The zero-order chi connectivity index (χ0) is 11.0. The van der Waals surface area contributed by atoms with Crippen molar-refractivity contribution in [3.63, 3.8) is 0 Å². The van der Waals surface area contributed by atoms with Gasteiger partial charge in [-0.2, -0.15) is 0 Å². The minimum Gasteiger partial charge on any atom is -0.344 e. The normalized spacial score (nSPS) is 31.9. The van der Waals surface area contributed by atoms with Crippen LogP contribution in [0.4, 0.5) is 0 Å². The molecule has 5 heteroatoms. The van der Waals surface area contributed by atoms with Crippen LogP contribution in [-0.4, -0.2) is 60.9 Å². The SMILES string of the molecule is CNC1CCN(C2CCN(C)C2=O)C1=O. The summed E-state index contributed by atoms with van der Waals surface area (Å²) in [5, 5.41) is 2.98. The first-order chi connectivity index (χ1) is 7.15. The molecule has 0 aromatic rings. The predicted molar refractivity (Wildman–Crippen MR) is 55.2 cm³/mol. The smallest absolute Gasteiger partial charge is 0.245 e. The fraction of sp³-hybridized carbons (Fsp3) is 0.800. The number of likely N-dealkylation sites (N-methyl/N-ethyl adjacent to an activating group) is 2. The maximum atomic E-state index is 11.9. The Kier molecular flexibility index (Phi) is 2.65. The second kappa shape index (κ2) is 3.81. The lowest BCUT2D eigenvalue weighted by molar-refractivity contribution is -0.139. The van der Waals surface area contributed by atoms with Gasteiger partial charge in [-0.05, 0) is 19.9 Å². The number of rotatable bonds is 2. The second-order valence-corrected chi connectivity index (χ2v) is 4.23. The summed E-state index contributed by atoms with van der Waals surface area (Å²) in [4.78, 5) is 27.0. The molecule has 2 fully saturated rings. The topological polar surface area (TPSA) is 52.6 Å². The van der Waals surface area contributed by atoms with Gasteiger partial charge < -0.3 is 15.1 Å². The molecule has 0 aliphatic carbocycles. The first-order valence-corrected chi connectivity index (χ1v) is 5.38. The number of nitrogens with zero attached hydrogens (tertiary/aromatic N) is 2. The third kappa shape index (κ3) is 1.61.